The molecule has 0 heterocycles. The Morgan fingerprint density at radius 3 is 2.13 bits per heavy atom. The molecule has 0 rings (SSSR count). The van der Waals surface area contributed by atoms with E-state index in [4.69, 9.17) is 5.11 Å². The van der Waals surface area contributed by atoms with Crippen molar-refractivity contribution < 1.29 is 19.8 Å². The van der Waals surface area contributed by atoms with Crippen LogP contribution in [0.2, 0.25) is 0 Å². The fourth-order valence-electron chi connectivity index (χ4n) is 1.46. The number of carbonyl (C=O) groups is 2. The van der Waals surface area contributed by atoms with Crippen molar-refractivity contribution in [1.82, 2.24) is 0 Å². The maximum absolute atomic E-state index is 11.2. The number of rotatable bonds is 7. The molecule has 15 heavy (non-hydrogen) atoms. The predicted octanol–water partition coefficient (Wildman–Crippen LogP) is 2.08. The van der Waals surface area contributed by atoms with Crippen LogP contribution in [-0.4, -0.2) is 32.7 Å². The molecule has 0 bridgehead atoms. The van der Waals surface area contributed by atoms with E-state index in [-0.39, 0.29) is 11.7 Å². The standard InChI is InChI=1S/C10H18O4S/c1-4-10(9(13)14,5-7(2)3)15-6-8(11)12/h7H,4-6H2,1-3H3,(H,11,12)(H,13,14). The van der Waals surface area contributed by atoms with Crippen LogP contribution in [0.4, 0.5) is 0 Å². The molecule has 88 valence electrons. The molecule has 0 radical (unpaired) electrons. The smallest absolute Gasteiger partial charge is 0.319 e. The lowest BCUT2D eigenvalue weighted by atomic mass is 9.94. The van der Waals surface area contributed by atoms with E-state index in [1.807, 2.05) is 13.8 Å². The molecule has 2 N–H and O–H groups in total. The molecule has 0 amide bonds. The SMILES string of the molecule is CCC(CC(C)C)(SCC(=O)O)C(=O)O. The molecule has 1 unspecified atom stereocenters. The van der Waals surface area contributed by atoms with Gasteiger partial charge in [-0.2, -0.15) is 0 Å². The molecule has 1 atom stereocenters. The number of thioether (sulfide) groups is 1. The predicted molar refractivity (Wildman–Crippen MR) is 60.2 cm³/mol. The lowest BCUT2D eigenvalue weighted by Crippen LogP contribution is -2.37. The van der Waals surface area contributed by atoms with E-state index < -0.39 is 16.7 Å². The van der Waals surface area contributed by atoms with Crippen LogP contribution in [0.15, 0.2) is 0 Å². The Morgan fingerprint density at radius 2 is 1.87 bits per heavy atom. The summed E-state index contributed by atoms with van der Waals surface area (Å²) >= 11 is 1.01. The highest BCUT2D eigenvalue weighted by Crippen LogP contribution is 2.35. The molecule has 0 saturated heterocycles. The van der Waals surface area contributed by atoms with Gasteiger partial charge in [0.05, 0.1) is 5.75 Å². The zero-order chi connectivity index (χ0) is 12.1. The van der Waals surface area contributed by atoms with Gasteiger partial charge in [0.2, 0.25) is 0 Å². The van der Waals surface area contributed by atoms with Crippen LogP contribution in [0, 0.1) is 5.92 Å². The van der Waals surface area contributed by atoms with Crippen molar-refractivity contribution in [1.29, 1.82) is 0 Å². The molecule has 4 nitrogen and oxygen atoms in total. The Labute approximate surface area is 94.1 Å². The minimum Gasteiger partial charge on any atom is -0.481 e. The van der Waals surface area contributed by atoms with E-state index in [0.717, 1.165) is 11.8 Å². The molecule has 0 spiro atoms. The molecule has 0 saturated carbocycles. The van der Waals surface area contributed by atoms with E-state index in [2.05, 4.69) is 0 Å². The van der Waals surface area contributed by atoms with Gasteiger partial charge in [-0.15, -0.1) is 11.8 Å². The first kappa shape index (κ1) is 14.3. The average Bonchev–Trinajstić information content (AvgIpc) is 2.11. The number of aliphatic carboxylic acids is 2. The van der Waals surface area contributed by atoms with Crippen molar-refractivity contribution in [3.63, 3.8) is 0 Å². The van der Waals surface area contributed by atoms with Crippen LogP contribution in [0.5, 0.6) is 0 Å². The van der Waals surface area contributed by atoms with Crippen LogP contribution in [0.25, 0.3) is 0 Å². The summed E-state index contributed by atoms with van der Waals surface area (Å²) in [4.78, 5) is 21.6. The first-order valence-electron chi connectivity index (χ1n) is 4.93. The fourth-order valence-corrected chi connectivity index (χ4v) is 2.64. The molecular weight excluding hydrogens is 216 g/mol. The summed E-state index contributed by atoms with van der Waals surface area (Å²) in [5.74, 6) is -1.80. The summed E-state index contributed by atoms with van der Waals surface area (Å²) in [6.45, 7) is 5.66. The quantitative estimate of drug-likeness (QED) is 0.705. The summed E-state index contributed by atoms with van der Waals surface area (Å²) < 4.78 is -0.952. The number of carboxylic acids is 2. The van der Waals surface area contributed by atoms with Crippen molar-refractivity contribution in [3.05, 3.63) is 0 Å². The Balaban J connectivity index is 4.65. The third-order valence-electron chi connectivity index (χ3n) is 2.17. The van der Waals surface area contributed by atoms with Gasteiger partial charge in [0.25, 0.3) is 0 Å². The van der Waals surface area contributed by atoms with Crippen molar-refractivity contribution >= 4 is 23.7 Å². The molecule has 0 aromatic heterocycles. The highest BCUT2D eigenvalue weighted by molar-refractivity contribution is 8.02. The Morgan fingerprint density at radius 1 is 1.33 bits per heavy atom. The number of carboxylic acid groups (broad SMARTS) is 2. The van der Waals surface area contributed by atoms with Crippen LogP contribution in [-0.2, 0) is 9.59 Å². The maximum atomic E-state index is 11.2. The monoisotopic (exact) mass is 234 g/mol. The second-order valence-electron chi connectivity index (χ2n) is 3.93. The van der Waals surface area contributed by atoms with Gasteiger partial charge in [0.15, 0.2) is 0 Å². The summed E-state index contributed by atoms with van der Waals surface area (Å²) in [5, 5.41) is 17.7. The number of hydrogen-bond acceptors (Lipinski definition) is 3. The van der Waals surface area contributed by atoms with Gasteiger partial charge in [-0.1, -0.05) is 20.8 Å². The van der Waals surface area contributed by atoms with E-state index >= 15 is 0 Å². The molecular formula is C10H18O4S. The second-order valence-corrected chi connectivity index (χ2v) is 5.29. The first-order valence-corrected chi connectivity index (χ1v) is 5.91. The summed E-state index contributed by atoms with van der Waals surface area (Å²) in [6.07, 6.45) is 0.940. The summed E-state index contributed by atoms with van der Waals surface area (Å²) in [6, 6.07) is 0. The van der Waals surface area contributed by atoms with E-state index in [1.165, 1.54) is 0 Å². The molecule has 0 aromatic carbocycles. The first-order chi connectivity index (χ1) is 6.84. The van der Waals surface area contributed by atoms with E-state index in [9.17, 15) is 14.7 Å². The van der Waals surface area contributed by atoms with Gasteiger partial charge in [0.1, 0.15) is 4.75 Å². The molecule has 0 aliphatic carbocycles. The lowest BCUT2D eigenvalue weighted by Gasteiger charge is -2.28. The normalized spacial score (nSPS) is 14.9. The maximum Gasteiger partial charge on any atom is 0.319 e. The van der Waals surface area contributed by atoms with Crippen molar-refractivity contribution in [3.8, 4) is 0 Å². The van der Waals surface area contributed by atoms with Gasteiger partial charge in [-0.25, -0.2) is 0 Å². The van der Waals surface area contributed by atoms with E-state index in [1.54, 1.807) is 6.92 Å². The topological polar surface area (TPSA) is 74.6 Å². The van der Waals surface area contributed by atoms with Gasteiger partial charge in [0, 0.05) is 0 Å². The van der Waals surface area contributed by atoms with Gasteiger partial charge in [-0.3, -0.25) is 9.59 Å². The minimum atomic E-state index is -0.970. The van der Waals surface area contributed by atoms with Gasteiger partial charge in [-0.05, 0) is 18.8 Å². The van der Waals surface area contributed by atoms with Crippen molar-refractivity contribution in [2.24, 2.45) is 5.92 Å². The highest BCUT2D eigenvalue weighted by atomic mass is 32.2. The van der Waals surface area contributed by atoms with Crippen LogP contribution in [0.3, 0.4) is 0 Å². The second kappa shape index (κ2) is 6.00. The highest BCUT2D eigenvalue weighted by Gasteiger charge is 2.38. The molecule has 0 aromatic rings. The summed E-state index contributed by atoms with van der Waals surface area (Å²) in [5.41, 5.74) is 0. The van der Waals surface area contributed by atoms with Gasteiger partial charge >= 0.3 is 11.9 Å². The Bertz CT molecular complexity index is 240. The van der Waals surface area contributed by atoms with Gasteiger partial charge < -0.3 is 10.2 Å². The fraction of sp³-hybridized carbons (Fsp3) is 0.800. The zero-order valence-electron chi connectivity index (χ0n) is 9.32. The van der Waals surface area contributed by atoms with Crippen LogP contribution in [0.1, 0.15) is 33.6 Å². The summed E-state index contributed by atoms with van der Waals surface area (Å²) in [7, 11) is 0. The molecule has 0 aliphatic heterocycles. The average molecular weight is 234 g/mol. The zero-order valence-corrected chi connectivity index (χ0v) is 10.1. The lowest BCUT2D eigenvalue weighted by molar-refractivity contribution is -0.140. The third-order valence-corrected chi connectivity index (χ3v) is 3.74. The van der Waals surface area contributed by atoms with Crippen molar-refractivity contribution in [2.45, 2.75) is 38.4 Å². The van der Waals surface area contributed by atoms with E-state index in [0.29, 0.717) is 12.8 Å². The molecule has 5 heteroatoms. The Kier molecular flexibility index (Phi) is 5.72. The molecule has 0 fully saturated rings. The van der Waals surface area contributed by atoms with Crippen molar-refractivity contribution in [2.75, 3.05) is 5.75 Å². The largest absolute Gasteiger partial charge is 0.481 e. The minimum absolute atomic E-state index is 0.160. The van der Waals surface area contributed by atoms with Crippen LogP contribution < -0.4 is 0 Å². The van der Waals surface area contributed by atoms with Crippen LogP contribution >= 0.6 is 11.8 Å². The number of hydrogen-bond donors (Lipinski definition) is 2. The molecule has 0 aliphatic rings. The Hall–Kier alpha value is -0.710. The third kappa shape index (κ3) is 4.55.